The summed E-state index contributed by atoms with van der Waals surface area (Å²) in [5.41, 5.74) is 0.0194. The molecule has 116 valence electrons. The van der Waals surface area contributed by atoms with Gasteiger partial charge in [0.15, 0.2) is 0 Å². The summed E-state index contributed by atoms with van der Waals surface area (Å²) in [5, 5.41) is 0. The first-order valence-corrected chi connectivity index (χ1v) is 10.2. The summed E-state index contributed by atoms with van der Waals surface area (Å²) in [6.45, 7) is 8.56. The molecule has 0 aromatic carbocycles. The Kier molecular flexibility index (Phi) is 11.0. The van der Waals surface area contributed by atoms with Gasteiger partial charge in [0.1, 0.15) is 0 Å². The Hall–Kier alpha value is 0.190. The smallest absolute Gasteiger partial charge is 0.203 e. The van der Waals surface area contributed by atoms with Crippen molar-refractivity contribution in [3.05, 3.63) is 0 Å². The average Bonchev–Trinajstić information content (AvgIpc) is 2.34. The molecule has 0 spiro atoms. The molecule has 0 aliphatic heterocycles. The van der Waals surface area contributed by atoms with E-state index >= 15 is 0 Å². The molecule has 2 nitrogen and oxygen atoms in total. The van der Waals surface area contributed by atoms with Crippen LogP contribution in [-0.4, -0.2) is 16.7 Å². The van der Waals surface area contributed by atoms with E-state index in [1.165, 1.54) is 32.1 Å². The molecule has 19 heavy (non-hydrogen) atoms. The Morgan fingerprint density at radius 1 is 0.895 bits per heavy atom. The summed E-state index contributed by atoms with van der Waals surface area (Å²) in [6.07, 6.45) is 10.6. The van der Waals surface area contributed by atoms with Crippen LogP contribution in [0.25, 0.3) is 0 Å². The fraction of sp³-hybridized carbons (Fsp3) is 1.00. The molecule has 0 fully saturated rings. The SMILES string of the molecule is CCCCCCC(C(C)C)P(=O)(O)CCCCCC. The molecule has 0 aromatic rings. The third-order valence-corrected chi connectivity index (χ3v) is 6.82. The van der Waals surface area contributed by atoms with Gasteiger partial charge in [-0.2, -0.15) is 0 Å². The number of rotatable bonds is 12. The van der Waals surface area contributed by atoms with Crippen molar-refractivity contribution in [2.75, 3.05) is 6.16 Å². The van der Waals surface area contributed by atoms with Gasteiger partial charge in [0.2, 0.25) is 7.37 Å². The molecule has 2 unspecified atom stereocenters. The van der Waals surface area contributed by atoms with Crippen LogP contribution in [0.4, 0.5) is 0 Å². The lowest BCUT2D eigenvalue weighted by molar-refractivity contribution is 0.418. The van der Waals surface area contributed by atoms with Crippen LogP contribution < -0.4 is 0 Å². The Bertz CT molecular complexity index is 251. The van der Waals surface area contributed by atoms with Gasteiger partial charge in [-0.1, -0.05) is 72.6 Å². The maximum atomic E-state index is 12.5. The monoisotopic (exact) mass is 290 g/mol. The second kappa shape index (κ2) is 10.9. The molecule has 0 saturated heterocycles. The van der Waals surface area contributed by atoms with Crippen LogP contribution in [0.2, 0.25) is 0 Å². The highest BCUT2D eigenvalue weighted by Gasteiger charge is 2.32. The predicted octanol–water partition coefficient (Wildman–Crippen LogP) is 5.83. The molecule has 0 amide bonds. The lowest BCUT2D eigenvalue weighted by Gasteiger charge is -2.26. The zero-order chi connectivity index (χ0) is 14.7. The lowest BCUT2D eigenvalue weighted by Crippen LogP contribution is -2.18. The van der Waals surface area contributed by atoms with Gasteiger partial charge in [-0.3, -0.25) is 4.57 Å². The summed E-state index contributed by atoms with van der Waals surface area (Å²) >= 11 is 0. The fourth-order valence-corrected chi connectivity index (χ4v) is 5.24. The standard InChI is InChI=1S/C16H35O2P/c1-5-7-9-11-13-16(15(3)4)19(17,18)14-12-10-8-6-2/h15-16H,5-14H2,1-4H3,(H,17,18). The molecule has 0 aliphatic rings. The Labute approximate surface area is 120 Å². The highest BCUT2D eigenvalue weighted by Crippen LogP contribution is 2.52. The summed E-state index contributed by atoms with van der Waals surface area (Å²) in [4.78, 5) is 10.4. The van der Waals surface area contributed by atoms with E-state index in [9.17, 15) is 9.46 Å². The third-order valence-electron chi connectivity index (χ3n) is 3.97. The summed E-state index contributed by atoms with van der Waals surface area (Å²) < 4.78 is 12.5. The molecule has 0 aliphatic carbocycles. The van der Waals surface area contributed by atoms with E-state index in [-0.39, 0.29) is 5.66 Å². The summed E-state index contributed by atoms with van der Waals surface area (Å²) in [5.74, 6) is 0.323. The van der Waals surface area contributed by atoms with Crippen LogP contribution in [0.1, 0.15) is 85.5 Å². The first-order chi connectivity index (χ1) is 8.95. The molecule has 0 bridgehead atoms. The Balaban J connectivity index is 4.20. The minimum absolute atomic E-state index is 0.0194. The van der Waals surface area contributed by atoms with E-state index in [4.69, 9.17) is 0 Å². The lowest BCUT2D eigenvalue weighted by atomic mass is 10.0. The molecule has 0 rings (SSSR count). The van der Waals surface area contributed by atoms with Crippen LogP contribution in [0.3, 0.4) is 0 Å². The number of unbranched alkanes of at least 4 members (excludes halogenated alkanes) is 6. The normalized spacial score (nSPS) is 16.5. The maximum Gasteiger partial charge on any atom is 0.203 e. The van der Waals surface area contributed by atoms with Crippen molar-refractivity contribution in [2.24, 2.45) is 5.92 Å². The third kappa shape index (κ3) is 8.87. The van der Waals surface area contributed by atoms with Gasteiger partial charge in [-0.25, -0.2) is 0 Å². The minimum Gasteiger partial charge on any atom is -0.344 e. The van der Waals surface area contributed by atoms with Crippen molar-refractivity contribution in [1.82, 2.24) is 0 Å². The highest BCUT2D eigenvalue weighted by molar-refractivity contribution is 7.58. The zero-order valence-electron chi connectivity index (χ0n) is 13.5. The second-order valence-corrected chi connectivity index (χ2v) is 8.82. The van der Waals surface area contributed by atoms with Crippen molar-refractivity contribution in [3.63, 3.8) is 0 Å². The molecular formula is C16H35O2P. The Morgan fingerprint density at radius 2 is 1.42 bits per heavy atom. The van der Waals surface area contributed by atoms with Crippen LogP contribution in [0.5, 0.6) is 0 Å². The zero-order valence-corrected chi connectivity index (χ0v) is 14.4. The largest absolute Gasteiger partial charge is 0.344 e. The minimum atomic E-state index is -2.95. The molecule has 0 aromatic heterocycles. The fourth-order valence-electron chi connectivity index (χ4n) is 2.71. The van der Waals surface area contributed by atoms with Gasteiger partial charge in [0.25, 0.3) is 0 Å². The first-order valence-electron chi connectivity index (χ1n) is 8.27. The van der Waals surface area contributed by atoms with Crippen molar-refractivity contribution >= 4 is 7.37 Å². The van der Waals surface area contributed by atoms with Crippen molar-refractivity contribution in [2.45, 2.75) is 91.1 Å². The first kappa shape index (κ1) is 19.2. The van der Waals surface area contributed by atoms with Crippen LogP contribution in [0.15, 0.2) is 0 Å². The van der Waals surface area contributed by atoms with E-state index in [0.29, 0.717) is 12.1 Å². The summed E-state index contributed by atoms with van der Waals surface area (Å²) in [7, 11) is -2.95. The quantitative estimate of drug-likeness (QED) is 0.362. The van der Waals surface area contributed by atoms with Gasteiger partial charge < -0.3 is 4.89 Å². The topological polar surface area (TPSA) is 37.3 Å². The molecular weight excluding hydrogens is 255 g/mol. The highest BCUT2D eigenvalue weighted by atomic mass is 31.2. The second-order valence-electron chi connectivity index (χ2n) is 6.20. The van der Waals surface area contributed by atoms with Crippen molar-refractivity contribution in [3.8, 4) is 0 Å². The van der Waals surface area contributed by atoms with Gasteiger partial charge in [-0.15, -0.1) is 0 Å². The Morgan fingerprint density at radius 3 is 1.89 bits per heavy atom. The van der Waals surface area contributed by atoms with Gasteiger partial charge in [-0.05, 0) is 18.8 Å². The van der Waals surface area contributed by atoms with Gasteiger partial charge in [0, 0.05) is 11.8 Å². The van der Waals surface area contributed by atoms with Crippen LogP contribution >= 0.6 is 7.37 Å². The van der Waals surface area contributed by atoms with Crippen molar-refractivity contribution in [1.29, 1.82) is 0 Å². The molecule has 0 heterocycles. The number of hydrogen-bond acceptors (Lipinski definition) is 1. The van der Waals surface area contributed by atoms with Gasteiger partial charge >= 0.3 is 0 Å². The summed E-state index contributed by atoms with van der Waals surface area (Å²) in [6, 6.07) is 0. The number of hydrogen-bond donors (Lipinski definition) is 1. The maximum absolute atomic E-state index is 12.5. The molecule has 2 atom stereocenters. The van der Waals surface area contributed by atoms with E-state index in [0.717, 1.165) is 25.7 Å². The van der Waals surface area contributed by atoms with Gasteiger partial charge in [0.05, 0.1) is 0 Å². The molecule has 1 N–H and O–H groups in total. The average molecular weight is 290 g/mol. The van der Waals surface area contributed by atoms with E-state index in [2.05, 4.69) is 27.7 Å². The van der Waals surface area contributed by atoms with E-state index in [1.54, 1.807) is 0 Å². The van der Waals surface area contributed by atoms with E-state index in [1.807, 2.05) is 0 Å². The molecule has 0 saturated carbocycles. The molecule has 3 heteroatoms. The predicted molar refractivity (Wildman–Crippen MR) is 86.2 cm³/mol. The molecule has 0 radical (unpaired) electrons. The van der Waals surface area contributed by atoms with Crippen LogP contribution in [0, 0.1) is 5.92 Å². The van der Waals surface area contributed by atoms with Crippen LogP contribution in [-0.2, 0) is 4.57 Å². The van der Waals surface area contributed by atoms with E-state index < -0.39 is 7.37 Å². The van der Waals surface area contributed by atoms with Crippen molar-refractivity contribution < 1.29 is 9.46 Å².